The van der Waals surface area contributed by atoms with E-state index < -0.39 is 0 Å². The second-order valence-corrected chi connectivity index (χ2v) is 5.22. The van der Waals surface area contributed by atoms with Crippen molar-refractivity contribution < 1.29 is 0 Å². The molecule has 1 aromatic heterocycles. The van der Waals surface area contributed by atoms with Gasteiger partial charge in [-0.1, -0.05) is 19.3 Å². The van der Waals surface area contributed by atoms with Crippen LogP contribution in [0.5, 0.6) is 0 Å². The molecular formula is C13H20N2. The van der Waals surface area contributed by atoms with Gasteiger partial charge in [-0.15, -0.1) is 0 Å². The fourth-order valence-electron chi connectivity index (χ4n) is 2.84. The van der Waals surface area contributed by atoms with Crippen LogP contribution >= 0.6 is 0 Å². The fourth-order valence-corrected chi connectivity index (χ4v) is 2.84. The SMILES string of the molecule is c1cc(C2CC2)n(CC2CCCCC2)n1. The molecule has 2 aliphatic carbocycles. The second-order valence-electron chi connectivity index (χ2n) is 5.22. The van der Waals surface area contributed by atoms with Gasteiger partial charge < -0.3 is 0 Å². The predicted molar refractivity (Wildman–Crippen MR) is 60.8 cm³/mol. The molecule has 3 rings (SSSR count). The van der Waals surface area contributed by atoms with Gasteiger partial charge in [-0.3, -0.25) is 4.68 Å². The van der Waals surface area contributed by atoms with Gasteiger partial charge in [-0.25, -0.2) is 0 Å². The Hall–Kier alpha value is -0.790. The van der Waals surface area contributed by atoms with Crippen LogP contribution < -0.4 is 0 Å². The van der Waals surface area contributed by atoms with Crippen LogP contribution in [-0.2, 0) is 6.54 Å². The molecule has 0 atom stereocenters. The quantitative estimate of drug-likeness (QED) is 0.738. The maximum atomic E-state index is 4.49. The summed E-state index contributed by atoms with van der Waals surface area (Å²) in [6, 6.07) is 2.22. The standard InChI is InChI=1S/C13H20N2/c1-2-4-11(5-3-1)10-15-13(8-9-14-15)12-6-7-12/h8-9,11-12H,1-7,10H2. The van der Waals surface area contributed by atoms with Crippen molar-refractivity contribution >= 4 is 0 Å². The van der Waals surface area contributed by atoms with Crippen molar-refractivity contribution in [3.8, 4) is 0 Å². The third-order valence-electron chi connectivity index (χ3n) is 3.90. The van der Waals surface area contributed by atoms with E-state index in [0.717, 1.165) is 11.8 Å². The Morgan fingerprint density at radius 3 is 2.67 bits per heavy atom. The monoisotopic (exact) mass is 204 g/mol. The molecule has 1 heterocycles. The number of hydrogen-bond acceptors (Lipinski definition) is 1. The van der Waals surface area contributed by atoms with E-state index in [1.807, 2.05) is 6.20 Å². The van der Waals surface area contributed by atoms with Crippen molar-refractivity contribution in [3.63, 3.8) is 0 Å². The predicted octanol–water partition coefficient (Wildman–Crippen LogP) is 3.34. The molecule has 2 heteroatoms. The lowest BCUT2D eigenvalue weighted by molar-refractivity contribution is 0.304. The molecule has 0 bridgehead atoms. The van der Waals surface area contributed by atoms with Crippen LogP contribution in [0.4, 0.5) is 0 Å². The minimum Gasteiger partial charge on any atom is -0.269 e. The van der Waals surface area contributed by atoms with Crippen molar-refractivity contribution in [1.29, 1.82) is 0 Å². The van der Waals surface area contributed by atoms with Crippen LogP contribution in [0.1, 0.15) is 56.6 Å². The average molecular weight is 204 g/mol. The Bertz CT molecular complexity index is 319. The van der Waals surface area contributed by atoms with Gasteiger partial charge in [0.1, 0.15) is 0 Å². The van der Waals surface area contributed by atoms with Crippen molar-refractivity contribution in [3.05, 3.63) is 18.0 Å². The van der Waals surface area contributed by atoms with E-state index in [2.05, 4.69) is 15.8 Å². The van der Waals surface area contributed by atoms with Crippen molar-refractivity contribution in [1.82, 2.24) is 9.78 Å². The van der Waals surface area contributed by atoms with Crippen LogP contribution in [0.25, 0.3) is 0 Å². The first-order chi connectivity index (χ1) is 7.43. The van der Waals surface area contributed by atoms with Crippen molar-refractivity contribution in [2.24, 2.45) is 5.92 Å². The van der Waals surface area contributed by atoms with Crippen molar-refractivity contribution in [2.75, 3.05) is 0 Å². The van der Waals surface area contributed by atoms with Gasteiger partial charge in [0.15, 0.2) is 0 Å². The highest BCUT2D eigenvalue weighted by atomic mass is 15.3. The number of aromatic nitrogens is 2. The third kappa shape index (κ3) is 2.09. The van der Waals surface area contributed by atoms with Crippen molar-refractivity contribution in [2.45, 2.75) is 57.4 Å². The van der Waals surface area contributed by atoms with E-state index in [-0.39, 0.29) is 0 Å². The Morgan fingerprint density at radius 1 is 1.13 bits per heavy atom. The highest BCUT2D eigenvalue weighted by Crippen LogP contribution is 2.40. The summed E-state index contributed by atoms with van der Waals surface area (Å²) >= 11 is 0. The molecule has 2 aliphatic rings. The molecule has 0 spiro atoms. The Kier molecular flexibility index (Phi) is 2.51. The minimum atomic E-state index is 0.844. The van der Waals surface area contributed by atoms with Gasteiger partial charge >= 0.3 is 0 Å². The van der Waals surface area contributed by atoms with E-state index in [0.29, 0.717) is 0 Å². The molecule has 0 aromatic carbocycles. The molecule has 15 heavy (non-hydrogen) atoms. The van der Waals surface area contributed by atoms with E-state index in [4.69, 9.17) is 0 Å². The van der Waals surface area contributed by atoms with E-state index >= 15 is 0 Å². The lowest BCUT2D eigenvalue weighted by Gasteiger charge is -2.22. The normalized spacial score (nSPS) is 23.2. The molecule has 1 aromatic rings. The summed E-state index contributed by atoms with van der Waals surface area (Å²) in [7, 11) is 0. The second kappa shape index (κ2) is 3.99. The summed E-state index contributed by atoms with van der Waals surface area (Å²) in [6.45, 7) is 1.18. The topological polar surface area (TPSA) is 17.8 Å². The first-order valence-corrected chi connectivity index (χ1v) is 6.45. The van der Waals surface area contributed by atoms with Crippen LogP contribution in [0.15, 0.2) is 12.3 Å². The maximum absolute atomic E-state index is 4.49. The van der Waals surface area contributed by atoms with Gasteiger partial charge in [0, 0.05) is 24.4 Å². The molecule has 2 saturated carbocycles. The maximum Gasteiger partial charge on any atom is 0.0492 e. The first kappa shape index (κ1) is 9.44. The number of nitrogens with zero attached hydrogens (tertiary/aromatic N) is 2. The average Bonchev–Trinajstić information content (AvgIpc) is 3.02. The minimum absolute atomic E-state index is 0.844. The van der Waals surface area contributed by atoms with Crippen LogP contribution in [0.3, 0.4) is 0 Å². The molecule has 0 radical (unpaired) electrons. The largest absolute Gasteiger partial charge is 0.269 e. The fraction of sp³-hybridized carbons (Fsp3) is 0.769. The lowest BCUT2D eigenvalue weighted by Crippen LogP contribution is -2.16. The first-order valence-electron chi connectivity index (χ1n) is 6.45. The summed E-state index contributed by atoms with van der Waals surface area (Å²) < 4.78 is 2.29. The molecule has 2 nitrogen and oxygen atoms in total. The van der Waals surface area contributed by atoms with Crippen LogP contribution in [0.2, 0.25) is 0 Å². The van der Waals surface area contributed by atoms with Crippen LogP contribution in [-0.4, -0.2) is 9.78 Å². The Morgan fingerprint density at radius 2 is 1.93 bits per heavy atom. The zero-order chi connectivity index (χ0) is 10.1. The van der Waals surface area contributed by atoms with Gasteiger partial charge in [0.2, 0.25) is 0 Å². The molecular weight excluding hydrogens is 184 g/mol. The van der Waals surface area contributed by atoms with Crippen LogP contribution in [0, 0.1) is 5.92 Å². The molecule has 2 fully saturated rings. The summed E-state index contributed by atoms with van der Waals surface area (Å²) in [5.74, 6) is 1.74. The third-order valence-corrected chi connectivity index (χ3v) is 3.90. The zero-order valence-corrected chi connectivity index (χ0v) is 9.36. The highest BCUT2D eigenvalue weighted by molar-refractivity contribution is 5.13. The summed E-state index contributed by atoms with van der Waals surface area (Å²) in [5.41, 5.74) is 1.50. The van der Waals surface area contributed by atoms with Gasteiger partial charge in [-0.2, -0.15) is 5.10 Å². The molecule has 0 amide bonds. The van der Waals surface area contributed by atoms with E-state index in [9.17, 15) is 0 Å². The lowest BCUT2D eigenvalue weighted by atomic mass is 9.89. The zero-order valence-electron chi connectivity index (χ0n) is 9.36. The van der Waals surface area contributed by atoms with Gasteiger partial charge in [-0.05, 0) is 37.7 Å². The molecule has 82 valence electrons. The molecule has 0 aliphatic heterocycles. The summed E-state index contributed by atoms with van der Waals surface area (Å²) in [6.07, 6.45) is 11.9. The summed E-state index contributed by atoms with van der Waals surface area (Å²) in [4.78, 5) is 0. The number of hydrogen-bond donors (Lipinski definition) is 0. The van der Waals surface area contributed by atoms with Gasteiger partial charge in [0.05, 0.1) is 0 Å². The van der Waals surface area contributed by atoms with E-state index in [1.54, 1.807) is 0 Å². The Labute approximate surface area is 91.7 Å². The van der Waals surface area contributed by atoms with Gasteiger partial charge in [0.25, 0.3) is 0 Å². The molecule has 0 unspecified atom stereocenters. The summed E-state index contributed by atoms with van der Waals surface area (Å²) in [5, 5.41) is 4.49. The van der Waals surface area contributed by atoms with E-state index in [1.165, 1.54) is 57.2 Å². The number of rotatable bonds is 3. The molecule has 0 N–H and O–H groups in total. The smallest absolute Gasteiger partial charge is 0.0492 e. The highest BCUT2D eigenvalue weighted by Gasteiger charge is 2.27. The molecule has 0 saturated heterocycles. The Balaban J connectivity index is 1.67.